The van der Waals surface area contributed by atoms with E-state index in [1.54, 1.807) is 0 Å². The maximum Gasteiger partial charge on any atom is 0.253 e. The predicted octanol–water partition coefficient (Wildman–Crippen LogP) is 3.30. The van der Waals surface area contributed by atoms with E-state index in [9.17, 15) is 4.79 Å². The Morgan fingerprint density at radius 1 is 1.47 bits per heavy atom. The molecule has 0 spiro atoms. The van der Waals surface area contributed by atoms with E-state index in [2.05, 4.69) is 19.9 Å². The number of hydrogen-bond donors (Lipinski definition) is 0. The highest BCUT2D eigenvalue weighted by molar-refractivity contribution is 5.12. The smallest absolute Gasteiger partial charge is 0.253 e. The highest BCUT2D eigenvalue weighted by Gasteiger charge is 2.23. The molecule has 0 aliphatic heterocycles. The molecule has 1 saturated carbocycles. The van der Waals surface area contributed by atoms with Gasteiger partial charge < -0.3 is 4.57 Å². The Bertz CT molecular complexity index is 524. The molecule has 2 atom stereocenters. The lowest BCUT2D eigenvalue weighted by Crippen LogP contribution is -2.30. The molecule has 0 bridgehead atoms. The zero-order valence-electron chi connectivity index (χ0n) is 11.8. The summed E-state index contributed by atoms with van der Waals surface area (Å²) in [7, 11) is 0. The van der Waals surface area contributed by atoms with Gasteiger partial charge in [0.25, 0.3) is 5.56 Å². The molecule has 0 radical (unpaired) electrons. The van der Waals surface area contributed by atoms with Gasteiger partial charge in [0, 0.05) is 23.7 Å². The molecule has 0 aromatic carbocycles. The van der Waals surface area contributed by atoms with E-state index < -0.39 is 0 Å². The third-order valence-electron chi connectivity index (χ3n) is 3.90. The van der Waals surface area contributed by atoms with Crippen molar-refractivity contribution in [1.29, 1.82) is 5.26 Å². The first-order valence-corrected chi connectivity index (χ1v) is 7.21. The number of aromatic nitrogens is 1. The van der Waals surface area contributed by atoms with Crippen molar-refractivity contribution in [1.82, 2.24) is 4.57 Å². The first-order chi connectivity index (χ1) is 9.11. The number of rotatable bonds is 3. The van der Waals surface area contributed by atoms with Gasteiger partial charge in [-0.05, 0) is 37.7 Å². The minimum absolute atomic E-state index is 0.111. The Balaban J connectivity index is 2.25. The van der Waals surface area contributed by atoms with Gasteiger partial charge in [0.2, 0.25) is 0 Å². The minimum Gasteiger partial charge on any atom is -0.312 e. The fourth-order valence-electron chi connectivity index (χ4n) is 2.97. The first-order valence-electron chi connectivity index (χ1n) is 7.21. The fraction of sp³-hybridized carbons (Fsp3) is 0.625. The van der Waals surface area contributed by atoms with Crippen molar-refractivity contribution in [3.63, 3.8) is 0 Å². The van der Waals surface area contributed by atoms with Crippen LogP contribution in [0.15, 0.2) is 23.1 Å². The zero-order valence-corrected chi connectivity index (χ0v) is 11.8. The van der Waals surface area contributed by atoms with Gasteiger partial charge in [0.05, 0.1) is 6.07 Å². The summed E-state index contributed by atoms with van der Waals surface area (Å²) in [5, 5.41) is 9.06. The molecule has 1 aromatic rings. The van der Waals surface area contributed by atoms with Gasteiger partial charge in [-0.2, -0.15) is 5.26 Å². The molecule has 0 saturated heterocycles. The van der Waals surface area contributed by atoms with Crippen molar-refractivity contribution in [2.24, 2.45) is 11.8 Å². The van der Waals surface area contributed by atoms with Crippen LogP contribution in [-0.2, 0) is 6.42 Å². The predicted molar refractivity (Wildman–Crippen MR) is 75.9 cm³/mol. The summed E-state index contributed by atoms with van der Waals surface area (Å²) in [6.45, 7) is 4.26. The van der Waals surface area contributed by atoms with E-state index >= 15 is 0 Å². The number of nitriles is 1. The standard InChI is InChI=1S/C16H22N2O/c1-12(2)9-14-6-4-8-18(16(14)19)15-7-3-5-13(10-15)11-17/h4,6,8,12-13,15H,3,5,7,9-10H2,1-2H3/t13-,15+/m1/s1. The molecular formula is C16H22N2O. The Hall–Kier alpha value is -1.56. The molecule has 3 nitrogen and oxygen atoms in total. The van der Waals surface area contributed by atoms with Gasteiger partial charge in [-0.15, -0.1) is 0 Å². The van der Waals surface area contributed by atoms with Gasteiger partial charge in [-0.25, -0.2) is 0 Å². The monoisotopic (exact) mass is 258 g/mol. The summed E-state index contributed by atoms with van der Waals surface area (Å²) in [4.78, 5) is 12.5. The van der Waals surface area contributed by atoms with Crippen LogP contribution in [0.4, 0.5) is 0 Å². The summed E-state index contributed by atoms with van der Waals surface area (Å²) < 4.78 is 1.86. The average Bonchev–Trinajstić information content (AvgIpc) is 2.41. The SMILES string of the molecule is CC(C)Cc1cccn([C@H]2CCC[C@@H](C#N)C2)c1=O. The van der Waals surface area contributed by atoms with E-state index in [4.69, 9.17) is 5.26 Å². The Labute approximate surface area is 114 Å². The normalized spacial score (nSPS) is 23.3. The quantitative estimate of drug-likeness (QED) is 0.835. The molecule has 0 unspecified atom stereocenters. The molecule has 0 amide bonds. The Morgan fingerprint density at radius 2 is 2.26 bits per heavy atom. The van der Waals surface area contributed by atoms with Gasteiger partial charge >= 0.3 is 0 Å². The highest BCUT2D eigenvalue weighted by Crippen LogP contribution is 2.31. The Kier molecular flexibility index (Phi) is 4.42. The molecule has 2 rings (SSSR count). The number of nitrogens with zero attached hydrogens (tertiary/aromatic N) is 2. The summed E-state index contributed by atoms with van der Waals surface area (Å²) >= 11 is 0. The van der Waals surface area contributed by atoms with Gasteiger partial charge in [-0.1, -0.05) is 26.3 Å². The molecular weight excluding hydrogens is 236 g/mol. The highest BCUT2D eigenvalue weighted by atomic mass is 16.1. The molecule has 0 N–H and O–H groups in total. The second-order valence-corrected chi connectivity index (χ2v) is 5.99. The lowest BCUT2D eigenvalue weighted by atomic mass is 9.86. The van der Waals surface area contributed by atoms with Crippen LogP contribution in [0.3, 0.4) is 0 Å². The van der Waals surface area contributed by atoms with Crippen LogP contribution in [0.1, 0.15) is 51.1 Å². The summed E-state index contributed by atoms with van der Waals surface area (Å²) in [5.74, 6) is 0.598. The van der Waals surface area contributed by atoms with Crippen molar-refractivity contribution in [3.8, 4) is 6.07 Å². The lowest BCUT2D eigenvalue weighted by Gasteiger charge is -2.27. The summed E-state index contributed by atoms with van der Waals surface area (Å²) in [6.07, 6.45) is 6.58. The average molecular weight is 258 g/mol. The van der Waals surface area contributed by atoms with Crippen LogP contribution in [0, 0.1) is 23.2 Å². The van der Waals surface area contributed by atoms with Gasteiger partial charge in [-0.3, -0.25) is 4.79 Å². The molecule has 1 aromatic heterocycles. The third kappa shape index (κ3) is 3.26. The topological polar surface area (TPSA) is 45.8 Å². The summed E-state index contributed by atoms with van der Waals surface area (Å²) in [6, 6.07) is 6.46. The maximum absolute atomic E-state index is 12.5. The molecule has 3 heteroatoms. The molecule has 1 aliphatic rings. The van der Waals surface area contributed by atoms with E-state index in [0.717, 1.165) is 37.7 Å². The van der Waals surface area contributed by atoms with Crippen LogP contribution in [0.5, 0.6) is 0 Å². The molecule has 1 aliphatic carbocycles. The van der Waals surface area contributed by atoms with Crippen molar-refractivity contribution in [3.05, 3.63) is 34.2 Å². The largest absolute Gasteiger partial charge is 0.312 e. The molecule has 1 fully saturated rings. The van der Waals surface area contributed by atoms with E-state index in [-0.39, 0.29) is 17.5 Å². The molecule has 102 valence electrons. The lowest BCUT2D eigenvalue weighted by molar-refractivity contribution is 0.301. The van der Waals surface area contributed by atoms with Gasteiger partial charge in [0.1, 0.15) is 0 Å². The van der Waals surface area contributed by atoms with Crippen LogP contribution in [0.2, 0.25) is 0 Å². The van der Waals surface area contributed by atoms with E-state index in [1.165, 1.54) is 0 Å². The summed E-state index contributed by atoms with van der Waals surface area (Å²) in [5.41, 5.74) is 1.04. The number of pyridine rings is 1. The molecule has 1 heterocycles. The van der Waals surface area contributed by atoms with Crippen molar-refractivity contribution >= 4 is 0 Å². The van der Waals surface area contributed by atoms with Gasteiger partial charge in [0.15, 0.2) is 0 Å². The van der Waals surface area contributed by atoms with Crippen LogP contribution in [0.25, 0.3) is 0 Å². The van der Waals surface area contributed by atoms with Crippen molar-refractivity contribution < 1.29 is 0 Å². The van der Waals surface area contributed by atoms with Crippen LogP contribution < -0.4 is 5.56 Å². The first kappa shape index (κ1) is 13.9. The number of hydrogen-bond acceptors (Lipinski definition) is 2. The van der Waals surface area contributed by atoms with E-state index in [1.807, 2.05) is 22.9 Å². The maximum atomic E-state index is 12.5. The van der Waals surface area contributed by atoms with Crippen LogP contribution in [-0.4, -0.2) is 4.57 Å². The fourth-order valence-corrected chi connectivity index (χ4v) is 2.97. The van der Waals surface area contributed by atoms with Crippen molar-refractivity contribution in [2.45, 2.75) is 52.0 Å². The van der Waals surface area contributed by atoms with Crippen molar-refractivity contribution in [2.75, 3.05) is 0 Å². The molecule has 19 heavy (non-hydrogen) atoms. The third-order valence-corrected chi connectivity index (χ3v) is 3.90. The zero-order chi connectivity index (χ0) is 13.8. The second-order valence-electron chi connectivity index (χ2n) is 5.99. The Morgan fingerprint density at radius 3 is 2.95 bits per heavy atom. The second kappa shape index (κ2) is 6.06. The van der Waals surface area contributed by atoms with E-state index in [0.29, 0.717) is 5.92 Å². The van der Waals surface area contributed by atoms with Crippen LogP contribution >= 0.6 is 0 Å². The minimum atomic E-state index is 0.111.